The van der Waals surface area contributed by atoms with Crippen molar-refractivity contribution < 1.29 is 14.1 Å². The topological polar surface area (TPSA) is 81.6 Å². The Labute approximate surface area is 104 Å². The van der Waals surface area contributed by atoms with Gasteiger partial charge in [-0.2, -0.15) is 0 Å². The Bertz CT molecular complexity index is 440. The summed E-state index contributed by atoms with van der Waals surface area (Å²) in [5.74, 6) is -0.621. The van der Waals surface area contributed by atoms with E-state index in [0.29, 0.717) is 19.6 Å². The Morgan fingerprint density at radius 1 is 1.56 bits per heavy atom. The number of anilines is 1. The molecule has 0 atom stereocenters. The fraction of sp³-hybridized carbons (Fsp3) is 0.455. The lowest BCUT2D eigenvalue weighted by atomic mass is 10.2. The van der Waals surface area contributed by atoms with Gasteiger partial charge in [0.1, 0.15) is 0 Å². The fourth-order valence-corrected chi connectivity index (χ4v) is 1.69. The van der Waals surface area contributed by atoms with E-state index < -0.39 is 10.7 Å². The van der Waals surface area contributed by atoms with Crippen molar-refractivity contribution in [2.75, 3.05) is 31.6 Å². The smallest absolute Gasteiger partial charge is 0.313 e. The average Bonchev–Trinajstić information content (AvgIpc) is 2.35. The number of likely N-dealkylation sites (N-methyl/N-ethyl adjacent to an activating group) is 1. The molecule has 0 unspecified atom stereocenters. The number of nitro benzene ring substituents is 1. The molecule has 0 fully saturated rings. The third-order valence-corrected chi connectivity index (χ3v) is 2.57. The molecule has 1 aromatic rings. The van der Waals surface area contributed by atoms with Crippen LogP contribution in [0.1, 0.15) is 6.92 Å². The molecule has 100 valence electrons. The van der Waals surface area contributed by atoms with E-state index in [1.54, 1.807) is 4.90 Å². The van der Waals surface area contributed by atoms with Gasteiger partial charge in [-0.15, -0.1) is 0 Å². The van der Waals surface area contributed by atoms with Crippen molar-refractivity contribution in [2.45, 2.75) is 6.92 Å². The summed E-state index contributed by atoms with van der Waals surface area (Å²) in [6.07, 6.45) is 0. The maximum absolute atomic E-state index is 13.8. The van der Waals surface area contributed by atoms with Crippen molar-refractivity contribution in [1.82, 2.24) is 0 Å². The first-order valence-corrected chi connectivity index (χ1v) is 5.52. The summed E-state index contributed by atoms with van der Waals surface area (Å²) in [5, 5.41) is 10.7. The molecule has 0 spiro atoms. The minimum Gasteiger partial charge on any atom is -0.490 e. The molecule has 0 bridgehead atoms. The van der Waals surface area contributed by atoms with Crippen LogP contribution in [0.25, 0.3) is 0 Å². The summed E-state index contributed by atoms with van der Waals surface area (Å²) in [7, 11) is 1.31. The molecule has 2 N–H and O–H groups in total. The first kappa shape index (κ1) is 14.2. The predicted octanol–water partition coefficient (Wildman–Crippen LogP) is 1.53. The Morgan fingerprint density at radius 3 is 2.67 bits per heavy atom. The normalized spacial score (nSPS) is 10.2. The minimum atomic E-state index is -0.676. The molecule has 7 heteroatoms. The molecule has 0 aliphatic heterocycles. The number of nitro groups is 1. The van der Waals surface area contributed by atoms with Crippen LogP contribution in [0.15, 0.2) is 12.1 Å². The molecule has 18 heavy (non-hydrogen) atoms. The van der Waals surface area contributed by atoms with Gasteiger partial charge in [0.2, 0.25) is 0 Å². The zero-order valence-electron chi connectivity index (χ0n) is 10.4. The second-order valence-electron chi connectivity index (χ2n) is 3.60. The van der Waals surface area contributed by atoms with Crippen LogP contribution in [-0.4, -0.2) is 31.7 Å². The van der Waals surface area contributed by atoms with Crippen LogP contribution in [0.4, 0.5) is 15.8 Å². The van der Waals surface area contributed by atoms with Crippen LogP contribution in [-0.2, 0) is 0 Å². The molecule has 1 aromatic carbocycles. The van der Waals surface area contributed by atoms with Crippen molar-refractivity contribution >= 4 is 11.4 Å². The molecule has 0 aliphatic carbocycles. The minimum absolute atomic E-state index is 0.0341. The first-order valence-electron chi connectivity index (χ1n) is 5.52. The van der Waals surface area contributed by atoms with Gasteiger partial charge in [-0.1, -0.05) is 0 Å². The largest absolute Gasteiger partial charge is 0.490 e. The molecular formula is C11H16FN3O3. The van der Waals surface area contributed by atoms with Crippen molar-refractivity contribution in [3.05, 3.63) is 28.1 Å². The quantitative estimate of drug-likeness (QED) is 0.617. The van der Waals surface area contributed by atoms with E-state index in [1.807, 2.05) is 6.92 Å². The van der Waals surface area contributed by atoms with Crippen LogP contribution in [0, 0.1) is 15.9 Å². The van der Waals surface area contributed by atoms with Gasteiger partial charge in [-0.3, -0.25) is 10.1 Å². The average molecular weight is 257 g/mol. The number of hydrogen-bond acceptors (Lipinski definition) is 5. The Morgan fingerprint density at radius 2 is 2.22 bits per heavy atom. The maximum atomic E-state index is 13.8. The monoisotopic (exact) mass is 257 g/mol. The van der Waals surface area contributed by atoms with Gasteiger partial charge in [-0.25, -0.2) is 4.39 Å². The number of benzene rings is 1. The molecule has 0 radical (unpaired) electrons. The summed E-state index contributed by atoms with van der Waals surface area (Å²) >= 11 is 0. The van der Waals surface area contributed by atoms with Crippen molar-refractivity contribution in [3.63, 3.8) is 0 Å². The van der Waals surface area contributed by atoms with Crippen LogP contribution in [0.3, 0.4) is 0 Å². The fourth-order valence-electron chi connectivity index (χ4n) is 1.69. The van der Waals surface area contributed by atoms with Crippen molar-refractivity contribution in [3.8, 4) is 5.75 Å². The number of nitrogens with two attached hydrogens (primary N) is 1. The highest BCUT2D eigenvalue weighted by Gasteiger charge is 2.21. The van der Waals surface area contributed by atoms with Crippen LogP contribution in [0.5, 0.6) is 5.75 Å². The van der Waals surface area contributed by atoms with Gasteiger partial charge < -0.3 is 15.4 Å². The number of ether oxygens (including phenoxy) is 1. The Balaban J connectivity index is 3.25. The number of hydrogen-bond donors (Lipinski definition) is 1. The molecule has 0 aliphatic rings. The Hall–Kier alpha value is -1.89. The van der Waals surface area contributed by atoms with Crippen LogP contribution in [0.2, 0.25) is 0 Å². The van der Waals surface area contributed by atoms with Crippen LogP contribution < -0.4 is 15.4 Å². The number of nitrogens with zero attached hydrogens (tertiary/aromatic N) is 2. The van der Waals surface area contributed by atoms with E-state index in [0.717, 1.165) is 6.07 Å². The summed E-state index contributed by atoms with van der Waals surface area (Å²) in [6.45, 7) is 3.24. The van der Waals surface area contributed by atoms with E-state index >= 15 is 0 Å². The highest BCUT2D eigenvalue weighted by Crippen LogP contribution is 2.33. The highest BCUT2D eigenvalue weighted by molar-refractivity contribution is 5.60. The zero-order valence-corrected chi connectivity index (χ0v) is 10.4. The van der Waals surface area contributed by atoms with Gasteiger partial charge in [0.15, 0.2) is 11.6 Å². The van der Waals surface area contributed by atoms with E-state index in [9.17, 15) is 14.5 Å². The predicted molar refractivity (Wildman–Crippen MR) is 66.5 cm³/mol. The van der Waals surface area contributed by atoms with Crippen LogP contribution >= 0.6 is 0 Å². The number of methoxy groups -OCH3 is 1. The summed E-state index contributed by atoms with van der Waals surface area (Å²) in [4.78, 5) is 11.8. The van der Waals surface area contributed by atoms with Gasteiger partial charge in [0.05, 0.1) is 23.8 Å². The van der Waals surface area contributed by atoms with Gasteiger partial charge in [0.25, 0.3) is 0 Å². The van der Waals surface area contributed by atoms with Gasteiger partial charge >= 0.3 is 5.69 Å². The number of halogens is 1. The van der Waals surface area contributed by atoms with Gasteiger partial charge in [0, 0.05) is 25.7 Å². The second-order valence-corrected chi connectivity index (χ2v) is 3.60. The third-order valence-electron chi connectivity index (χ3n) is 2.57. The second kappa shape index (κ2) is 6.15. The van der Waals surface area contributed by atoms with Crippen molar-refractivity contribution in [1.29, 1.82) is 0 Å². The Kier molecular flexibility index (Phi) is 4.85. The molecule has 1 rings (SSSR count). The number of rotatable bonds is 6. The summed E-state index contributed by atoms with van der Waals surface area (Å²) < 4.78 is 18.8. The molecule has 0 aromatic heterocycles. The lowest BCUT2D eigenvalue weighted by Gasteiger charge is -2.23. The lowest BCUT2D eigenvalue weighted by Crippen LogP contribution is -2.29. The van der Waals surface area contributed by atoms with E-state index in [1.165, 1.54) is 13.2 Å². The van der Waals surface area contributed by atoms with E-state index in [2.05, 4.69) is 0 Å². The van der Waals surface area contributed by atoms with E-state index in [-0.39, 0.29) is 17.1 Å². The molecule has 0 saturated heterocycles. The maximum Gasteiger partial charge on any atom is 0.313 e. The van der Waals surface area contributed by atoms with Gasteiger partial charge in [-0.05, 0) is 6.92 Å². The first-order chi connectivity index (χ1) is 8.54. The highest BCUT2D eigenvalue weighted by atomic mass is 19.1. The van der Waals surface area contributed by atoms with E-state index in [4.69, 9.17) is 10.5 Å². The third kappa shape index (κ3) is 2.86. The molecular weight excluding hydrogens is 241 g/mol. The molecule has 0 saturated carbocycles. The summed E-state index contributed by atoms with van der Waals surface area (Å²) in [6, 6.07) is 2.19. The molecule has 6 nitrogen and oxygen atoms in total. The zero-order chi connectivity index (χ0) is 13.7. The summed E-state index contributed by atoms with van der Waals surface area (Å²) in [5.41, 5.74) is 5.31. The van der Waals surface area contributed by atoms with Crippen molar-refractivity contribution in [2.24, 2.45) is 5.73 Å². The lowest BCUT2D eigenvalue weighted by molar-refractivity contribution is -0.385. The standard InChI is InChI=1S/C11H16FN3O3/c1-3-14(5-4-13)9-7-11(18-2)10(15(16)17)6-8(9)12/h6-7H,3-5,13H2,1-2H3. The molecule has 0 amide bonds. The SMILES string of the molecule is CCN(CCN)c1cc(OC)c([N+](=O)[O-])cc1F. The molecule has 0 heterocycles.